The van der Waals surface area contributed by atoms with Crippen LogP contribution in [0.15, 0.2) is 12.1 Å². The Morgan fingerprint density at radius 2 is 1.68 bits per heavy atom. The van der Waals surface area contributed by atoms with Crippen LogP contribution in [-0.4, -0.2) is 6.04 Å². The van der Waals surface area contributed by atoms with E-state index in [4.69, 9.17) is 23.2 Å². The molecule has 0 saturated heterocycles. The van der Waals surface area contributed by atoms with Gasteiger partial charge in [-0.25, -0.2) is 4.39 Å². The zero-order valence-corrected chi connectivity index (χ0v) is 12.3. The molecule has 1 aromatic carbocycles. The van der Waals surface area contributed by atoms with Gasteiger partial charge in [-0.2, -0.15) is 0 Å². The van der Waals surface area contributed by atoms with Crippen molar-refractivity contribution in [1.82, 2.24) is 0 Å². The molecule has 19 heavy (non-hydrogen) atoms. The van der Waals surface area contributed by atoms with Crippen LogP contribution < -0.4 is 5.32 Å². The fourth-order valence-electron chi connectivity index (χ4n) is 3.62. The summed E-state index contributed by atoms with van der Waals surface area (Å²) in [4.78, 5) is 0. The molecule has 0 radical (unpaired) electrons. The normalized spacial score (nSPS) is 25.1. The summed E-state index contributed by atoms with van der Waals surface area (Å²) in [6.07, 6.45) is 9.16. The zero-order valence-electron chi connectivity index (χ0n) is 10.8. The van der Waals surface area contributed by atoms with E-state index in [2.05, 4.69) is 5.32 Å². The molecule has 1 nitrogen and oxygen atoms in total. The summed E-state index contributed by atoms with van der Waals surface area (Å²) in [5, 5.41) is 3.69. The van der Waals surface area contributed by atoms with Gasteiger partial charge in [-0.1, -0.05) is 42.5 Å². The highest BCUT2D eigenvalue weighted by molar-refractivity contribution is 6.35. The van der Waals surface area contributed by atoms with Gasteiger partial charge in [-0.15, -0.1) is 0 Å². The average Bonchev–Trinajstić information content (AvgIpc) is 2.42. The Labute approximate surface area is 123 Å². The maximum absolute atomic E-state index is 13.4. The molecule has 0 heterocycles. The van der Waals surface area contributed by atoms with Crippen molar-refractivity contribution in [2.75, 3.05) is 5.32 Å². The van der Waals surface area contributed by atoms with Gasteiger partial charge in [0.1, 0.15) is 0 Å². The smallest absolute Gasteiger partial charge is 0.160 e. The van der Waals surface area contributed by atoms with Gasteiger partial charge >= 0.3 is 0 Å². The summed E-state index contributed by atoms with van der Waals surface area (Å²) in [7, 11) is 0. The monoisotopic (exact) mass is 301 g/mol. The quantitative estimate of drug-likeness (QED) is 0.695. The Hall–Kier alpha value is -0.470. The summed E-state index contributed by atoms with van der Waals surface area (Å²) < 4.78 is 13.4. The van der Waals surface area contributed by atoms with Crippen molar-refractivity contribution < 1.29 is 4.39 Å². The third-order valence-corrected chi connectivity index (χ3v) is 5.39. The number of hydrogen-bond donors (Lipinski definition) is 1. The van der Waals surface area contributed by atoms with Gasteiger partial charge in [0.05, 0.1) is 10.0 Å². The maximum atomic E-state index is 13.4. The van der Waals surface area contributed by atoms with Crippen LogP contribution in [0.25, 0.3) is 0 Å². The molecule has 0 aromatic heterocycles. The SMILES string of the molecule is Fc1c(Cl)cc(NC2CCC23CCCCC3)cc1Cl. The molecule has 2 saturated carbocycles. The summed E-state index contributed by atoms with van der Waals surface area (Å²) in [6, 6.07) is 3.76. The van der Waals surface area contributed by atoms with E-state index in [-0.39, 0.29) is 10.0 Å². The minimum atomic E-state index is -0.533. The van der Waals surface area contributed by atoms with E-state index < -0.39 is 5.82 Å². The summed E-state index contributed by atoms with van der Waals surface area (Å²) in [6.45, 7) is 0. The minimum absolute atomic E-state index is 0.0898. The lowest BCUT2D eigenvalue weighted by Crippen LogP contribution is -2.50. The van der Waals surface area contributed by atoms with Crippen LogP contribution in [-0.2, 0) is 0 Å². The number of nitrogens with one attached hydrogen (secondary N) is 1. The largest absolute Gasteiger partial charge is 0.382 e. The van der Waals surface area contributed by atoms with E-state index in [0.29, 0.717) is 11.5 Å². The van der Waals surface area contributed by atoms with E-state index in [1.54, 1.807) is 12.1 Å². The van der Waals surface area contributed by atoms with Crippen molar-refractivity contribution in [3.63, 3.8) is 0 Å². The van der Waals surface area contributed by atoms with Crippen molar-refractivity contribution in [1.29, 1.82) is 0 Å². The van der Waals surface area contributed by atoms with Gasteiger partial charge in [0.2, 0.25) is 0 Å². The van der Waals surface area contributed by atoms with E-state index in [1.807, 2.05) is 0 Å². The summed E-state index contributed by atoms with van der Waals surface area (Å²) >= 11 is 11.7. The van der Waals surface area contributed by atoms with Crippen LogP contribution in [0.4, 0.5) is 10.1 Å². The van der Waals surface area contributed by atoms with Gasteiger partial charge in [0, 0.05) is 11.7 Å². The lowest BCUT2D eigenvalue weighted by Gasteiger charge is -2.52. The van der Waals surface area contributed by atoms with Crippen molar-refractivity contribution in [2.24, 2.45) is 5.41 Å². The number of rotatable bonds is 2. The second kappa shape index (κ2) is 5.14. The maximum Gasteiger partial charge on any atom is 0.160 e. The molecule has 1 aromatic rings. The molecule has 1 N–H and O–H groups in total. The van der Waals surface area contributed by atoms with Gasteiger partial charge < -0.3 is 5.32 Å². The topological polar surface area (TPSA) is 12.0 Å². The Balaban J connectivity index is 1.75. The molecule has 0 aliphatic heterocycles. The lowest BCUT2D eigenvalue weighted by atomic mass is 9.57. The molecule has 1 spiro atoms. The van der Waals surface area contributed by atoms with Crippen molar-refractivity contribution in [3.05, 3.63) is 28.0 Å². The molecule has 2 aliphatic carbocycles. The Morgan fingerprint density at radius 1 is 1.05 bits per heavy atom. The second-order valence-electron chi connectivity index (χ2n) is 5.91. The first kappa shape index (κ1) is 13.5. The fourth-order valence-corrected chi connectivity index (χ4v) is 4.10. The molecule has 1 atom stereocenters. The molecule has 0 amide bonds. The van der Waals surface area contributed by atoms with E-state index in [0.717, 1.165) is 5.69 Å². The van der Waals surface area contributed by atoms with Gasteiger partial charge in [0.15, 0.2) is 5.82 Å². The predicted octanol–water partition coefficient (Wildman–Crippen LogP) is 5.66. The van der Waals surface area contributed by atoms with Crippen LogP contribution in [0.2, 0.25) is 10.0 Å². The van der Waals surface area contributed by atoms with E-state index in [9.17, 15) is 4.39 Å². The highest BCUT2D eigenvalue weighted by atomic mass is 35.5. The predicted molar refractivity (Wildman–Crippen MR) is 78.6 cm³/mol. The zero-order chi connectivity index (χ0) is 13.5. The van der Waals surface area contributed by atoms with Gasteiger partial charge in [-0.05, 0) is 43.2 Å². The first-order chi connectivity index (χ1) is 9.11. The van der Waals surface area contributed by atoms with E-state index >= 15 is 0 Å². The molecular weight excluding hydrogens is 284 g/mol. The molecule has 104 valence electrons. The van der Waals surface area contributed by atoms with Crippen LogP contribution in [0, 0.1) is 11.2 Å². The Morgan fingerprint density at radius 3 is 2.21 bits per heavy atom. The van der Waals surface area contributed by atoms with Gasteiger partial charge in [-0.3, -0.25) is 0 Å². The minimum Gasteiger partial charge on any atom is -0.382 e. The van der Waals surface area contributed by atoms with Crippen LogP contribution >= 0.6 is 23.2 Å². The first-order valence-electron chi connectivity index (χ1n) is 7.02. The molecular formula is C15H18Cl2FN. The van der Waals surface area contributed by atoms with Crippen molar-refractivity contribution in [2.45, 2.75) is 51.0 Å². The van der Waals surface area contributed by atoms with E-state index in [1.165, 1.54) is 44.9 Å². The average molecular weight is 302 g/mol. The first-order valence-corrected chi connectivity index (χ1v) is 7.77. The van der Waals surface area contributed by atoms with Crippen molar-refractivity contribution >= 4 is 28.9 Å². The molecule has 2 fully saturated rings. The molecule has 0 bridgehead atoms. The van der Waals surface area contributed by atoms with Crippen LogP contribution in [0.1, 0.15) is 44.9 Å². The highest BCUT2D eigenvalue weighted by Gasteiger charge is 2.46. The van der Waals surface area contributed by atoms with Crippen LogP contribution in [0.3, 0.4) is 0 Å². The molecule has 4 heteroatoms. The molecule has 2 aliphatic rings. The number of benzene rings is 1. The standard InChI is InChI=1S/C15H18Cl2FN/c16-11-8-10(9-12(17)14(11)18)19-13-4-7-15(13)5-2-1-3-6-15/h8-9,13,19H,1-7H2. The summed E-state index contributed by atoms with van der Waals surface area (Å²) in [5.41, 5.74) is 1.30. The van der Waals surface area contributed by atoms with Crippen molar-refractivity contribution in [3.8, 4) is 0 Å². The Kier molecular flexibility index (Phi) is 3.65. The molecule has 1 unspecified atom stereocenters. The Bertz CT molecular complexity index is 460. The third kappa shape index (κ3) is 2.45. The van der Waals surface area contributed by atoms with Gasteiger partial charge in [0.25, 0.3) is 0 Å². The van der Waals surface area contributed by atoms with Crippen LogP contribution in [0.5, 0.6) is 0 Å². The second-order valence-corrected chi connectivity index (χ2v) is 6.73. The highest BCUT2D eigenvalue weighted by Crippen LogP contribution is 2.52. The third-order valence-electron chi connectivity index (χ3n) is 4.84. The number of hydrogen-bond acceptors (Lipinski definition) is 1. The number of anilines is 1. The molecule has 3 rings (SSSR count). The fraction of sp³-hybridized carbons (Fsp3) is 0.600. The lowest BCUT2D eigenvalue weighted by molar-refractivity contribution is 0.0571. The number of halogens is 3. The summed E-state index contributed by atoms with van der Waals surface area (Å²) in [5.74, 6) is -0.533.